The standard InChI is InChI=1S/C22H23N5OS/c1-15-19(13-16-7-3-2-4-8-16)27-22(24-15)29-14-21(28)23-12-11-20-25-17-9-5-6-10-18(17)26-20/h2-10H,11-14H2,1H3,(H,23,28)(H,24,27)(H,25,26). The average molecular weight is 406 g/mol. The van der Waals surface area contributed by atoms with E-state index >= 15 is 0 Å². The molecule has 0 spiro atoms. The number of amides is 1. The summed E-state index contributed by atoms with van der Waals surface area (Å²) in [6.45, 7) is 2.57. The topological polar surface area (TPSA) is 86.5 Å². The van der Waals surface area contributed by atoms with E-state index in [1.54, 1.807) is 0 Å². The molecule has 0 fully saturated rings. The van der Waals surface area contributed by atoms with Gasteiger partial charge in [-0.1, -0.05) is 54.2 Å². The van der Waals surface area contributed by atoms with E-state index < -0.39 is 0 Å². The van der Waals surface area contributed by atoms with E-state index in [2.05, 4.69) is 37.4 Å². The van der Waals surface area contributed by atoms with Gasteiger partial charge < -0.3 is 15.3 Å². The first-order chi connectivity index (χ1) is 14.2. The van der Waals surface area contributed by atoms with Gasteiger partial charge in [-0.15, -0.1) is 0 Å². The van der Waals surface area contributed by atoms with Crippen LogP contribution in [0.4, 0.5) is 0 Å². The molecule has 0 aliphatic carbocycles. The summed E-state index contributed by atoms with van der Waals surface area (Å²) in [7, 11) is 0. The molecule has 0 aliphatic rings. The molecule has 0 radical (unpaired) electrons. The van der Waals surface area contributed by atoms with Crippen molar-refractivity contribution in [3.8, 4) is 0 Å². The number of rotatable bonds is 8. The molecule has 2 aromatic heterocycles. The molecular weight excluding hydrogens is 382 g/mol. The van der Waals surface area contributed by atoms with Crippen LogP contribution in [0.2, 0.25) is 0 Å². The predicted octanol–water partition coefficient (Wildman–Crippen LogP) is 3.64. The zero-order valence-corrected chi connectivity index (χ0v) is 17.1. The number of aryl methyl sites for hydroxylation is 1. The van der Waals surface area contributed by atoms with Gasteiger partial charge in [0.15, 0.2) is 5.16 Å². The van der Waals surface area contributed by atoms with Crippen LogP contribution in [0, 0.1) is 6.92 Å². The molecule has 2 heterocycles. The van der Waals surface area contributed by atoms with Crippen molar-refractivity contribution in [3.63, 3.8) is 0 Å². The van der Waals surface area contributed by atoms with Crippen LogP contribution in [-0.2, 0) is 17.6 Å². The monoisotopic (exact) mass is 405 g/mol. The maximum absolute atomic E-state index is 12.2. The molecule has 4 aromatic rings. The summed E-state index contributed by atoms with van der Waals surface area (Å²) >= 11 is 1.42. The zero-order valence-electron chi connectivity index (χ0n) is 16.2. The number of benzene rings is 2. The Balaban J connectivity index is 1.23. The van der Waals surface area contributed by atoms with Gasteiger partial charge in [-0.05, 0) is 24.6 Å². The van der Waals surface area contributed by atoms with Crippen LogP contribution in [0.25, 0.3) is 11.0 Å². The number of aromatic nitrogens is 4. The maximum Gasteiger partial charge on any atom is 0.230 e. The second-order valence-electron chi connectivity index (χ2n) is 6.87. The second-order valence-corrected chi connectivity index (χ2v) is 7.83. The Kier molecular flexibility index (Phi) is 5.95. The van der Waals surface area contributed by atoms with Gasteiger partial charge in [0.2, 0.25) is 5.91 Å². The Hall–Kier alpha value is -3.06. The lowest BCUT2D eigenvalue weighted by Gasteiger charge is -2.02. The summed E-state index contributed by atoms with van der Waals surface area (Å²) < 4.78 is 0. The molecule has 2 aromatic carbocycles. The number of thioether (sulfide) groups is 1. The van der Waals surface area contributed by atoms with Crippen molar-refractivity contribution in [3.05, 3.63) is 77.4 Å². The third-order valence-corrected chi connectivity index (χ3v) is 5.51. The van der Waals surface area contributed by atoms with Crippen molar-refractivity contribution < 1.29 is 4.79 Å². The fourth-order valence-electron chi connectivity index (χ4n) is 3.13. The Morgan fingerprint density at radius 3 is 2.66 bits per heavy atom. The van der Waals surface area contributed by atoms with Crippen LogP contribution >= 0.6 is 11.8 Å². The molecule has 1 amide bonds. The molecule has 0 saturated carbocycles. The fourth-order valence-corrected chi connectivity index (χ4v) is 3.90. The van der Waals surface area contributed by atoms with Crippen molar-refractivity contribution in [2.45, 2.75) is 24.9 Å². The van der Waals surface area contributed by atoms with Gasteiger partial charge in [0.25, 0.3) is 0 Å². The van der Waals surface area contributed by atoms with Gasteiger partial charge in [-0.2, -0.15) is 0 Å². The van der Waals surface area contributed by atoms with E-state index in [1.165, 1.54) is 17.3 Å². The minimum atomic E-state index is -0.00947. The third kappa shape index (κ3) is 5.06. The van der Waals surface area contributed by atoms with Crippen LogP contribution in [0.15, 0.2) is 59.8 Å². The fraction of sp³-hybridized carbons (Fsp3) is 0.227. The number of fused-ring (bicyclic) bond motifs is 1. The van der Waals surface area contributed by atoms with E-state index in [4.69, 9.17) is 0 Å². The quantitative estimate of drug-likeness (QED) is 0.391. The van der Waals surface area contributed by atoms with Crippen LogP contribution in [0.5, 0.6) is 0 Å². The first kappa shape index (κ1) is 19.3. The Morgan fingerprint density at radius 2 is 1.83 bits per heavy atom. The van der Waals surface area contributed by atoms with E-state index in [1.807, 2.05) is 49.4 Å². The van der Waals surface area contributed by atoms with Crippen molar-refractivity contribution in [1.29, 1.82) is 0 Å². The molecule has 7 heteroatoms. The molecule has 4 rings (SSSR count). The highest BCUT2D eigenvalue weighted by molar-refractivity contribution is 7.99. The smallest absolute Gasteiger partial charge is 0.230 e. The van der Waals surface area contributed by atoms with E-state index in [9.17, 15) is 4.79 Å². The lowest BCUT2D eigenvalue weighted by atomic mass is 10.1. The van der Waals surface area contributed by atoms with Crippen molar-refractivity contribution in [2.75, 3.05) is 12.3 Å². The first-order valence-electron chi connectivity index (χ1n) is 9.60. The summed E-state index contributed by atoms with van der Waals surface area (Å²) in [6.07, 6.45) is 1.46. The highest BCUT2D eigenvalue weighted by atomic mass is 32.2. The molecule has 0 aliphatic heterocycles. The van der Waals surface area contributed by atoms with Crippen LogP contribution in [0.3, 0.4) is 0 Å². The second kappa shape index (κ2) is 8.96. The SMILES string of the molecule is Cc1[nH]c(SCC(=O)NCCc2nc3ccccc3[nH]2)nc1Cc1ccccc1. The Morgan fingerprint density at radius 1 is 1.03 bits per heavy atom. The molecule has 0 atom stereocenters. The highest BCUT2D eigenvalue weighted by Crippen LogP contribution is 2.19. The van der Waals surface area contributed by atoms with Gasteiger partial charge in [0.1, 0.15) is 5.82 Å². The summed E-state index contributed by atoms with van der Waals surface area (Å²) in [4.78, 5) is 27.9. The normalized spacial score (nSPS) is 11.1. The molecule has 6 nitrogen and oxygen atoms in total. The van der Waals surface area contributed by atoms with Gasteiger partial charge >= 0.3 is 0 Å². The number of nitrogens with one attached hydrogen (secondary N) is 3. The number of carbonyl (C=O) groups is 1. The number of para-hydroxylation sites is 2. The molecule has 0 bridgehead atoms. The Bertz CT molecular complexity index is 1070. The van der Waals surface area contributed by atoms with E-state index in [0.29, 0.717) is 18.7 Å². The Labute approximate surface area is 173 Å². The first-order valence-corrected chi connectivity index (χ1v) is 10.6. The molecule has 29 heavy (non-hydrogen) atoms. The number of hydrogen-bond donors (Lipinski definition) is 3. The van der Waals surface area contributed by atoms with Crippen molar-refractivity contribution in [2.24, 2.45) is 0 Å². The largest absolute Gasteiger partial charge is 0.355 e. The number of aromatic amines is 2. The zero-order chi connectivity index (χ0) is 20.1. The van der Waals surface area contributed by atoms with E-state index in [-0.39, 0.29) is 5.91 Å². The summed E-state index contributed by atoms with van der Waals surface area (Å²) in [6, 6.07) is 18.2. The van der Waals surface area contributed by atoms with Gasteiger partial charge in [0, 0.05) is 25.1 Å². The summed E-state index contributed by atoms with van der Waals surface area (Å²) in [5.41, 5.74) is 5.25. The summed E-state index contributed by atoms with van der Waals surface area (Å²) in [5, 5.41) is 3.72. The number of hydrogen-bond acceptors (Lipinski definition) is 4. The third-order valence-electron chi connectivity index (χ3n) is 4.64. The molecular formula is C22H23N5OS. The maximum atomic E-state index is 12.2. The van der Waals surface area contributed by atoms with E-state index in [0.717, 1.165) is 39.8 Å². The van der Waals surface area contributed by atoms with Gasteiger partial charge in [-0.25, -0.2) is 9.97 Å². The van der Waals surface area contributed by atoms with Gasteiger partial charge in [-0.3, -0.25) is 4.79 Å². The number of carbonyl (C=O) groups excluding carboxylic acids is 1. The lowest BCUT2D eigenvalue weighted by molar-refractivity contribution is -0.118. The lowest BCUT2D eigenvalue weighted by Crippen LogP contribution is -2.27. The van der Waals surface area contributed by atoms with Crippen molar-refractivity contribution in [1.82, 2.24) is 25.3 Å². The van der Waals surface area contributed by atoms with Crippen molar-refractivity contribution >= 4 is 28.7 Å². The molecule has 0 saturated heterocycles. The highest BCUT2D eigenvalue weighted by Gasteiger charge is 2.10. The molecule has 0 unspecified atom stereocenters. The number of imidazole rings is 2. The summed E-state index contributed by atoms with van der Waals surface area (Å²) in [5.74, 6) is 1.20. The van der Waals surface area contributed by atoms with Crippen LogP contribution in [-0.4, -0.2) is 38.1 Å². The minimum absolute atomic E-state index is 0.00947. The van der Waals surface area contributed by atoms with Crippen LogP contribution < -0.4 is 5.32 Å². The average Bonchev–Trinajstić information content (AvgIpc) is 3.30. The minimum Gasteiger partial charge on any atom is -0.355 e. The molecule has 3 N–H and O–H groups in total. The van der Waals surface area contributed by atoms with Crippen LogP contribution in [0.1, 0.15) is 22.8 Å². The molecule has 148 valence electrons. The number of H-pyrrole nitrogens is 2. The predicted molar refractivity (Wildman–Crippen MR) is 116 cm³/mol. The van der Waals surface area contributed by atoms with Gasteiger partial charge in [0.05, 0.1) is 22.5 Å². The number of nitrogens with zero attached hydrogens (tertiary/aromatic N) is 2.